The van der Waals surface area contributed by atoms with Gasteiger partial charge in [-0.15, -0.1) is 0 Å². The molecule has 4 fully saturated rings. The zero-order valence-corrected chi connectivity index (χ0v) is 70.4. The summed E-state index contributed by atoms with van der Waals surface area (Å²) in [5.41, 5.74) is -3.95. The van der Waals surface area contributed by atoms with Crippen LogP contribution in [0.5, 0.6) is 0 Å². The number of ether oxygens (including phenoxy) is 11. The van der Waals surface area contributed by atoms with Gasteiger partial charge in [-0.05, 0) is 164 Å². The van der Waals surface area contributed by atoms with E-state index in [2.05, 4.69) is 33.1 Å². The molecule has 4 aromatic rings. The van der Waals surface area contributed by atoms with Crippen molar-refractivity contribution in [3.05, 3.63) is 123 Å². The van der Waals surface area contributed by atoms with Gasteiger partial charge >= 0.3 is 30.1 Å². The first kappa shape index (κ1) is 91.9. The SMILES string of the molecule is C=C[C@]1(OC(=O)n2ccnc2)/C=C(\C)C(=O)[C@H](C)C[C@](C)(OC)[C@H](OC2O[C@H](C)C[C@H](N(C)C)[C@H]2OC(=O)c2ccccc2)[C@@H](C)C(=O)[C@@H](C)C(=O)O[C@@H]1CC.C=C[C@]12OC(=O)N(CCCCn3cnc(-c4cncnc4)c3)[C@@H]1[C@@H](C)C(=O)[C@H](C)C[C@](C)(OC)[C@H](OC1O[C@H](C)C[C@H](N(C)C)[C@H]1O)[C@@H](C)C(=O)[C@@H](C)C(=O)O[C@@H]2CC. The highest BCUT2D eigenvalue weighted by atomic mass is 16.7. The van der Waals surface area contributed by atoms with Gasteiger partial charge in [0.25, 0.3) is 0 Å². The van der Waals surface area contributed by atoms with Crippen LogP contribution >= 0.6 is 0 Å². The smallest absolute Gasteiger partial charge is 0.420 e. The number of fused-ring (bicyclic) bond motifs is 1. The molecule has 30 nitrogen and oxygen atoms in total. The van der Waals surface area contributed by atoms with Crippen LogP contribution in [0.1, 0.15) is 159 Å². The lowest BCUT2D eigenvalue weighted by atomic mass is 9.72. The Kier molecular flexibility index (Phi) is 31.6. The Morgan fingerprint density at radius 1 is 0.687 bits per heavy atom. The number of nitrogens with zero attached hydrogens (tertiary/aromatic N) is 9. The number of benzene rings is 1. The molecule has 5 aliphatic heterocycles. The number of hydrogen-bond acceptors (Lipinski definition) is 27. The van der Waals surface area contributed by atoms with Gasteiger partial charge in [0.05, 0.1) is 65.3 Å². The average Bonchev–Trinajstić information content (AvgIpc) is 1.60. The Morgan fingerprint density at radius 3 is 1.77 bits per heavy atom. The Balaban J connectivity index is 0.000000288. The molecule has 0 bridgehead atoms. The number of likely N-dealkylation sites (N-methyl/N-ethyl adjacent to an activating group) is 2. The van der Waals surface area contributed by atoms with Crippen molar-refractivity contribution in [2.45, 2.75) is 257 Å². The van der Waals surface area contributed by atoms with Gasteiger partial charge in [-0.3, -0.25) is 33.7 Å². The van der Waals surface area contributed by atoms with Gasteiger partial charge in [0.1, 0.15) is 48.6 Å². The number of esters is 3. The molecule has 30 heteroatoms. The molecular weight excluding hydrogens is 1480 g/mol. The van der Waals surface area contributed by atoms with Crippen LogP contribution in [0.25, 0.3) is 11.3 Å². The van der Waals surface area contributed by atoms with E-state index in [-0.39, 0.29) is 73.7 Å². The molecule has 5 aliphatic rings. The zero-order valence-electron chi connectivity index (χ0n) is 70.4. The molecule has 1 aromatic carbocycles. The summed E-state index contributed by atoms with van der Waals surface area (Å²) < 4.78 is 71.8. The minimum absolute atomic E-state index is 0.0512. The number of aryl methyl sites for hydroxylation is 1. The summed E-state index contributed by atoms with van der Waals surface area (Å²) in [6, 6.07) is 7.04. The minimum atomic E-state index is -1.80. The van der Waals surface area contributed by atoms with Gasteiger partial charge < -0.3 is 71.6 Å². The highest BCUT2D eigenvalue weighted by molar-refractivity contribution is 6.01. The van der Waals surface area contributed by atoms with Crippen molar-refractivity contribution >= 4 is 53.2 Å². The molecule has 0 radical (unpaired) electrons. The van der Waals surface area contributed by atoms with Gasteiger partial charge in [0.15, 0.2) is 47.2 Å². The summed E-state index contributed by atoms with van der Waals surface area (Å²) >= 11 is 0. The number of aromatic nitrogens is 6. The van der Waals surface area contributed by atoms with Crippen LogP contribution in [0.15, 0.2) is 117 Å². The van der Waals surface area contributed by atoms with Crippen molar-refractivity contribution in [3.8, 4) is 11.3 Å². The number of methoxy groups -OCH3 is 2. The van der Waals surface area contributed by atoms with E-state index >= 15 is 0 Å². The van der Waals surface area contributed by atoms with Gasteiger partial charge in [-0.1, -0.05) is 79.8 Å². The molecular formula is C85H121N9O21. The van der Waals surface area contributed by atoms with E-state index in [1.54, 1.807) is 123 Å². The van der Waals surface area contributed by atoms with E-state index in [4.69, 9.17) is 52.1 Å². The standard InChI is InChI=1S/C43H64N6O10.C42H57N3O11/c1-12-33-43(13-2)37(49(41(54)59-43)17-15-14-16-48-22-31(46-24-48)30-20-44-23-45-21-30)27(5)34(50)25(3)19-42(8,55-11)38(28(6)35(51)29(7)39(53)57-33)58-40-36(52)32(47(9)10)18-26(4)56-40;1-12-32-42(13-2,56-40(50)45-20-19-43-24-45)23-26(4)33(46)25(3)22-41(8,51-11)36(28(6)34(47)29(7)37(48)53-32)55-39-35(31(44(9)10)21-27(5)52-39)54-38(49)30-17-15-14-16-18-30/h13,20-29,32-33,36-38,40,52H,2,12,14-19H2,1,3-11H3;13-20,23-25,27-29,31-32,35-36,39H,2,12,21-22H2,1,3-11H3/b;26-23+/t25-,26-,27+,28+,29-,32+,33-,36-,37-,38-,40?,42+,43-;25-,27-,28+,29-,31+,32-,35-,36-,39?,41+,42+/m11/s1. The van der Waals surface area contributed by atoms with Gasteiger partial charge in [0, 0.05) is 99.5 Å². The van der Waals surface area contributed by atoms with Crippen LogP contribution in [0, 0.1) is 41.4 Å². The van der Waals surface area contributed by atoms with E-state index in [1.807, 2.05) is 62.6 Å². The number of ketones is 4. The van der Waals surface area contributed by atoms with Crippen LogP contribution in [0.4, 0.5) is 9.59 Å². The highest BCUT2D eigenvalue weighted by Crippen LogP contribution is 2.46. The van der Waals surface area contributed by atoms with Crippen molar-refractivity contribution < 1.29 is 100 Å². The molecule has 4 saturated heterocycles. The second-order valence-corrected chi connectivity index (χ2v) is 32.4. The monoisotopic (exact) mass is 1600 g/mol. The molecule has 632 valence electrons. The molecule has 8 heterocycles. The maximum absolute atomic E-state index is 14.8. The number of aliphatic hydroxyl groups excluding tert-OH is 1. The molecule has 3 aromatic heterocycles. The van der Waals surface area contributed by atoms with Gasteiger partial charge in [-0.25, -0.2) is 38.9 Å². The van der Waals surface area contributed by atoms with Crippen molar-refractivity contribution in [1.29, 1.82) is 0 Å². The number of amides is 1. The van der Waals surface area contributed by atoms with Gasteiger partial charge in [-0.2, -0.15) is 0 Å². The molecule has 2 unspecified atom stereocenters. The van der Waals surface area contributed by atoms with Crippen molar-refractivity contribution in [1.82, 2.24) is 43.8 Å². The minimum Gasteiger partial charge on any atom is -0.457 e. The second kappa shape index (κ2) is 39.6. The molecule has 0 spiro atoms. The Hall–Kier alpha value is -8.59. The van der Waals surface area contributed by atoms with E-state index in [9.17, 15) is 48.3 Å². The maximum Gasteiger partial charge on any atom is 0.420 e. The number of carbonyl (C=O) groups is 9. The fourth-order valence-corrected chi connectivity index (χ4v) is 17.0. The summed E-state index contributed by atoms with van der Waals surface area (Å²) in [5, 5.41) is 11.5. The first-order valence-electron chi connectivity index (χ1n) is 39.8. The fourth-order valence-electron chi connectivity index (χ4n) is 17.0. The quantitative estimate of drug-likeness (QED) is 0.0266. The van der Waals surface area contributed by atoms with E-state index in [1.165, 1.54) is 71.3 Å². The Morgan fingerprint density at radius 2 is 1.23 bits per heavy atom. The van der Waals surface area contributed by atoms with E-state index in [0.29, 0.717) is 37.8 Å². The van der Waals surface area contributed by atoms with Crippen LogP contribution in [0.3, 0.4) is 0 Å². The summed E-state index contributed by atoms with van der Waals surface area (Å²) in [6.07, 6.45) is 8.66. The van der Waals surface area contributed by atoms with Gasteiger partial charge in [0.2, 0.25) is 0 Å². The van der Waals surface area contributed by atoms with Crippen LogP contribution < -0.4 is 0 Å². The predicted molar refractivity (Wildman–Crippen MR) is 422 cm³/mol. The van der Waals surface area contributed by atoms with Crippen molar-refractivity contribution in [2.75, 3.05) is 49.0 Å². The topological polar surface area (TPSA) is 347 Å². The first-order chi connectivity index (χ1) is 54.3. The lowest BCUT2D eigenvalue weighted by molar-refractivity contribution is -0.295. The molecule has 24 atom stereocenters. The number of cyclic esters (lactones) is 2. The maximum atomic E-state index is 14.8. The number of hydrogen-bond donors (Lipinski definition) is 1. The normalized spacial score (nSPS) is 35.3. The molecule has 1 N–H and O–H groups in total. The number of imidazole rings is 2. The summed E-state index contributed by atoms with van der Waals surface area (Å²) in [4.78, 5) is 148. The summed E-state index contributed by atoms with van der Waals surface area (Å²) in [5.74, 6) is -10.6. The zero-order chi connectivity index (χ0) is 84.9. The number of aliphatic hydroxyl groups is 1. The third-order valence-electron chi connectivity index (χ3n) is 23.7. The number of carbonyl (C=O) groups excluding carboxylic acids is 9. The van der Waals surface area contributed by atoms with Crippen LogP contribution in [0.2, 0.25) is 0 Å². The van der Waals surface area contributed by atoms with Crippen molar-refractivity contribution in [3.63, 3.8) is 0 Å². The largest absolute Gasteiger partial charge is 0.457 e. The number of Topliss-reactive ketones (excluding diaryl/α,β-unsaturated/α-hetero) is 4. The second-order valence-electron chi connectivity index (χ2n) is 32.4. The lowest BCUT2D eigenvalue weighted by Gasteiger charge is -2.47. The van der Waals surface area contributed by atoms with E-state index < -0.39 is 161 Å². The fraction of sp³-hybridized carbons (Fsp3) is 0.635. The third-order valence-corrected chi connectivity index (χ3v) is 23.7. The molecule has 1 amide bonds. The van der Waals surface area contributed by atoms with E-state index in [0.717, 1.165) is 15.8 Å². The molecule has 9 rings (SSSR count). The number of allylic oxidation sites excluding steroid dienone is 1. The number of unbranched alkanes of at least 4 members (excludes halogenated alkanes) is 1. The first-order valence-corrected chi connectivity index (χ1v) is 39.8. The number of rotatable bonds is 21. The van der Waals surface area contributed by atoms with Crippen LogP contribution in [-0.4, -0.2) is 253 Å². The Labute approximate surface area is 675 Å². The molecule has 0 aliphatic carbocycles. The average molecular weight is 1600 g/mol. The van der Waals surface area contributed by atoms with Crippen LogP contribution in [-0.2, 0) is 87.4 Å². The Bertz CT molecular complexity index is 4050. The molecule has 0 saturated carbocycles. The highest BCUT2D eigenvalue weighted by Gasteiger charge is 2.62. The summed E-state index contributed by atoms with van der Waals surface area (Å²) in [7, 11) is 10.4. The summed E-state index contributed by atoms with van der Waals surface area (Å²) in [6.45, 7) is 32.7. The van der Waals surface area contributed by atoms with Crippen molar-refractivity contribution in [2.24, 2.45) is 41.4 Å². The third kappa shape index (κ3) is 20.7. The lowest BCUT2D eigenvalue weighted by Crippen LogP contribution is -2.60. The molecule has 115 heavy (non-hydrogen) atoms. The predicted octanol–water partition coefficient (Wildman–Crippen LogP) is 10.1.